The van der Waals surface area contributed by atoms with Crippen LogP contribution in [0.3, 0.4) is 0 Å². The fourth-order valence-electron chi connectivity index (χ4n) is 5.24. The quantitative estimate of drug-likeness (QED) is 0.436. The Balaban J connectivity index is 2.20. The van der Waals surface area contributed by atoms with Gasteiger partial charge in [0.1, 0.15) is 0 Å². The van der Waals surface area contributed by atoms with Crippen molar-refractivity contribution >= 4 is 10.8 Å². The van der Waals surface area contributed by atoms with Gasteiger partial charge in [0.2, 0.25) is 0 Å². The molecule has 0 nitrogen and oxygen atoms in total. The van der Waals surface area contributed by atoms with E-state index in [1.54, 1.807) is 0 Å². The lowest BCUT2D eigenvalue weighted by atomic mass is 9.79. The predicted molar refractivity (Wildman–Crippen MR) is 119 cm³/mol. The SMILES string of the molecule is Cc1cc(C)c2c(c1)-c1c(ccc3c(C(C)C)cc(C(C)C)cc13)C2(C)C. The third-order valence-electron chi connectivity index (χ3n) is 6.53. The molecular weight excluding hydrogens is 324 g/mol. The number of benzene rings is 3. The maximum Gasteiger partial charge on any atom is 0.0161 e. The Morgan fingerprint density at radius 2 is 1.48 bits per heavy atom. The largest absolute Gasteiger partial charge is 0.0587 e. The van der Waals surface area contributed by atoms with Crippen LogP contribution >= 0.6 is 0 Å². The van der Waals surface area contributed by atoms with Crippen molar-refractivity contribution in [3.05, 3.63) is 69.8 Å². The van der Waals surface area contributed by atoms with Gasteiger partial charge in [-0.3, -0.25) is 0 Å². The Kier molecular flexibility index (Phi) is 4.04. The van der Waals surface area contributed by atoms with E-state index in [-0.39, 0.29) is 5.41 Å². The summed E-state index contributed by atoms with van der Waals surface area (Å²) < 4.78 is 0. The molecule has 1 aliphatic rings. The van der Waals surface area contributed by atoms with E-state index in [4.69, 9.17) is 0 Å². The molecule has 27 heavy (non-hydrogen) atoms. The van der Waals surface area contributed by atoms with E-state index in [9.17, 15) is 0 Å². The summed E-state index contributed by atoms with van der Waals surface area (Å²) in [6.45, 7) is 18.5. The van der Waals surface area contributed by atoms with E-state index in [2.05, 4.69) is 91.8 Å². The van der Waals surface area contributed by atoms with Crippen LogP contribution in [-0.2, 0) is 5.41 Å². The van der Waals surface area contributed by atoms with Crippen LogP contribution in [0.5, 0.6) is 0 Å². The molecule has 3 aromatic carbocycles. The minimum atomic E-state index is 0.0580. The van der Waals surface area contributed by atoms with Crippen LogP contribution in [0, 0.1) is 13.8 Å². The monoisotopic (exact) mass is 356 g/mol. The molecule has 0 atom stereocenters. The number of rotatable bonds is 2. The van der Waals surface area contributed by atoms with Gasteiger partial charge in [0.05, 0.1) is 0 Å². The fraction of sp³-hybridized carbons (Fsp3) is 0.407. The van der Waals surface area contributed by atoms with Gasteiger partial charge in [0, 0.05) is 5.41 Å². The minimum Gasteiger partial charge on any atom is -0.0587 e. The summed E-state index contributed by atoms with van der Waals surface area (Å²) in [5.74, 6) is 1.06. The van der Waals surface area contributed by atoms with Gasteiger partial charge in [-0.05, 0) is 75.4 Å². The summed E-state index contributed by atoms with van der Waals surface area (Å²) in [5, 5.41) is 2.87. The van der Waals surface area contributed by atoms with Crippen LogP contribution in [0.1, 0.15) is 86.8 Å². The van der Waals surface area contributed by atoms with Gasteiger partial charge < -0.3 is 0 Å². The Bertz CT molecular complexity index is 1060. The highest BCUT2D eigenvalue weighted by Crippen LogP contribution is 2.53. The first-order valence-corrected chi connectivity index (χ1v) is 10.4. The topological polar surface area (TPSA) is 0 Å². The Morgan fingerprint density at radius 1 is 0.778 bits per heavy atom. The van der Waals surface area contributed by atoms with Crippen LogP contribution in [0.4, 0.5) is 0 Å². The molecule has 0 saturated heterocycles. The molecule has 140 valence electrons. The van der Waals surface area contributed by atoms with Gasteiger partial charge in [-0.25, -0.2) is 0 Å². The first-order chi connectivity index (χ1) is 12.6. The van der Waals surface area contributed by atoms with Crippen molar-refractivity contribution < 1.29 is 0 Å². The molecule has 0 N–H and O–H groups in total. The zero-order chi connectivity index (χ0) is 19.7. The standard InChI is InChI=1S/C27H32/c1-15(2)19-13-21(16(3)4)20-9-10-24-25(22(20)14-19)23-12-17(5)11-18(6)26(23)27(24,7)8/h9-16H,1-8H3. The number of aryl methyl sites for hydroxylation is 2. The lowest BCUT2D eigenvalue weighted by molar-refractivity contribution is 0.656. The van der Waals surface area contributed by atoms with Crippen molar-refractivity contribution in [1.82, 2.24) is 0 Å². The molecule has 0 saturated carbocycles. The highest BCUT2D eigenvalue weighted by Gasteiger charge is 2.38. The van der Waals surface area contributed by atoms with E-state index in [1.807, 2.05) is 0 Å². The molecule has 0 radical (unpaired) electrons. The summed E-state index contributed by atoms with van der Waals surface area (Å²) in [6.07, 6.45) is 0. The van der Waals surface area contributed by atoms with Crippen molar-refractivity contribution in [2.24, 2.45) is 0 Å². The fourth-order valence-corrected chi connectivity index (χ4v) is 5.24. The van der Waals surface area contributed by atoms with Gasteiger partial charge in [0.15, 0.2) is 0 Å². The molecule has 0 heterocycles. The van der Waals surface area contributed by atoms with Crippen molar-refractivity contribution in [3.63, 3.8) is 0 Å². The molecular formula is C27H32. The van der Waals surface area contributed by atoms with Crippen LogP contribution in [0.15, 0.2) is 36.4 Å². The highest BCUT2D eigenvalue weighted by molar-refractivity contribution is 6.04. The Morgan fingerprint density at radius 3 is 2.11 bits per heavy atom. The molecule has 0 aliphatic heterocycles. The summed E-state index contributed by atoms with van der Waals surface area (Å²) in [5.41, 5.74) is 11.7. The highest BCUT2D eigenvalue weighted by atomic mass is 14.4. The van der Waals surface area contributed by atoms with Crippen LogP contribution in [0.2, 0.25) is 0 Å². The van der Waals surface area contributed by atoms with E-state index in [1.165, 1.54) is 55.3 Å². The molecule has 0 fully saturated rings. The molecule has 0 bridgehead atoms. The summed E-state index contributed by atoms with van der Waals surface area (Å²) in [6, 6.07) is 14.4. The first-order valence-electron chi connectivity index (χ1n) is 10.4. The maximum absolute atomic E-state index is 2.47. The van der Waals surface area contributed by atoms with Crippen LogP contribution in [-0.4, -0.2) is 0 Å². The molecule has 0 spiro atoms. The van der Waals surface area contributed by atoms with Gasteiger partial charge in [-0.15, -0.1) is 0 Å². The lowest BCUT2D eigenvalue weighted by Gasteiger charge is -2.24. The zero-order valence-corrected chi connectivity index (χ0v) is 18.1. The molecule has 0 aromatic heterocycles. The van der Waals surface area contributed by atoms with Gasteiger partial charge in [0.25, 0.3) is 0 Å². The van der Waals surface area contributed by atoms with Gasteiger partial charge in [-0.2, -0.15) is 0 Å². The van der Waals surface area contributed by atoms with E-state index in [0.717, 1.165) is 0 Å². The minimum absolute atomic E-state index is 0.0580. The van der Waals surface area contributed by atoms with Crippen LogP contribution < -0.4 is 0 Å². The van der Waals surface area contributed by atoms with Crippen molar-refractivity contribution in [1.29, 1.82) is 0 Å². The first kappa shape index (κ1) is 18.3. The van der Waals surface area contributed by atoms with Gasteiger partial charge in [-0.1, -0.05) is 83.5 Å². The van der Waals surface area contributed by atoms with Crippen molar-refractivity contribution in [2.45, 2.75) is 72.6 Å². The molecule has 0 unspecified atom stereocenters. The number of hydrogen-bond acceptors (Lipinski definition) is 0. The third-order valence-corrected chi connectivity index (χ3v) is 6.53. The summed E-state index contributed by atoms with van der Waals surface area (Å²) in [7, 11) is 0. The second kappa shape index (κ2) is 5.96. The smallest absolute Gasteiger partial charge is 0.0161 e. The van der Waals surface area contributed by atoms with Crippen molar-refractivity contribution in [3.8, 4) is 11.1 Å². The second-order valence-electron chi connectivity index (χ2n) is 9.63. The average Bonchev–Trinajstić information content (AvgIpc) is 2.81. The lowest BCUT2D eigenvalue weighted by Crippen LogP contribution is -2.16. The summed E-state index contributed by atoms with van der Waals surface area (Å²) >= 11 is 0. The van der Waals surface area contributed by atoms with Crippen LogP contribution in [0.25, 0.3) is 21.9 Å². The molecule has 0 heteroatoms. The normalized spacial score (nSPS) is 14.9. The number of hydrogen-bond donors (Lipinski definition) is 0. The molecule has 1 aliphatic carbocycles. The van der Waals surface area contributed by atoms with E-state index in [0.29, 0.717) is 11.8 Å². The average molecular weight is 357 g/mol. The van der Waals surface area contributed by atoms with E-state index < -0.39 is 0 Å². The Labute approximate surface area is 164 Å². The zero-order valence-electron chi connectivity index (χ0n) is 18.1. The summed E-state index contributed by atoms with van der Waals surface area (Å²) in [4.78, 5) is 0. The third kappa shape index (κ3) is 2.57. The molecule has 3 aromatic rings. The van der Waals surface area contributed by atoms with Crippen molar-refractivity contribution in [2.75, 3.05) is 0 Å². The molecule has 4 rings (SSSR count). The number of fused-ring (bicyclic) bond motifs is 5. The Hall–Kier alpha value is -2.08. The second-order valence-corrected chi connectivity index (χ2v) is 9.63. The maximum atomic E-state index is 2.47. The van der Waals surface area contributed by atoms with Gasteiger partial charge >= 0.3 is 0 Å². The van der Waals surface area contributed by atoms with E-state index >= 15 is 0 Å². The predicted octanol–water partition coefficient (Wildman–Crippen LogP) is 8.01. The molecule has 0 amide bonds.